The summed E-state index contributed by atoms with van der Waals surface area (Å²) >= 11 is 0. The van der Waals surface area contributed by atoms with E-state index in [1.807, 2.05) is 18.2 Å². The molecule has 2 aliphatic heterocycles. The van der Waals surface area contributed by atoms with E-state index in [9.17, 15) is 9.90 Å². The summed E-state index contributed by atoms with van der Waals surface area (Å²) in [7, 11) is 0. The second-order valence-electron chi connectivity index (χ2n) is 8.87. The summed E-state index contributed by atoms with van der Waals surface area (Å²) in [6, 6.07) is 11.3. The fourth-order valence-electron chi connectivity index (χ4n) is 5.06. The molecule has 2 unspecified atom stereocenters. The van der Waals surface area contributed by atoms with Crippen LogP contribution in [0.15, 0.2) is 48.4 Å². The smallest absolute Gasteiger partial charge is 0.231 e. The maximum absolute atomic E-state index is 13.1. The van der Waals surface area contributed by atoms with E-state index in [0.29, 0.717) is 35.1 Å². The van der Waals surface area contributed by atoms with Crippen LogP contribution in [0, 0.1) is 5.92 Å². The van der Waals surface area contributed by atoms with Crippen molar-refractivity contribution >= 4 is 22.8 Å². The highest BCUT2D eigenvalue weighted by Gasteiger charge is 2.32. The lowest BCUT2D eigenvalue weighted by Gasteiger charge is -2.29. The molecule has 1 fully saturated rings. The lowest BCUT2D eigenvalue weighted by Crippen LogP contribution is -3.12. The predicted octanol–water partition coefficient (Wildman–Crippen LogP) is 3.17. The number of ether oxygens (including phenoxy) is 1. The van der Waals surface area contributed by atoms with Gasteiger partial charge in [-0.15, -0.1) is 0 Å². The molecule has 1 N–H and O–H groups in total. The maximum atomic E-state index is 13.1. The number of para-hydroxylation sites is 1. The Bertz CT molecular complexity index is 1190. The van der Waals surface area contributed by atoms with Gasteiger partial charge in [-0.3, -0.25) is 4.79 Å². The maximum Gasteiger partial charge on any atom is 0.231 e. The second-order valence-corrected chi connectivity index (χ2v) is 8.87. The van der Waals surface area contributed by atoms with Gasteiger partial charge in [0.2, 0.25) is 5.78 Å². The zero-order valence-corrected chi connectivity index (χ0v) is 18.1. The number of allylic oxidation sites excluding steroid dienone is 1. The van der Waals surface area contributed by atoms with E-state index in [2.05, 4.69) is 36.7 Å². The summed E-state index contributed by atoms with van der Waals surface area (Å²) in [4.78, 5) is 14.5. The molecule has 31 heavy (non-hydrogen) atoms. The van der Waals surface area contributed by atoms with Crippen molar-refractivity contribution in [3.8, 4) is 11.5 Å². The molecule has 1 saturated heterocycles. The Balaban J connectivity index is 1.50. The van der Waals surface area contributed by atoms with Crippen molar-refractivity contribution in [2.75, 3.05) is 13.1 Å². The van der Waals surface area contributed by atoms with Gasteiger partial charge in [0.05, 0.1) is 18.7 Å². The molecule has 5 heteroatoms. The molecular weight excluding hydrogens is 388 g/mol. The van der Waals surface area contributed by atoms with Crippen LogP contribution in [0.5, 0.6) is 11.5 Å². The van der Waals surface area contributed by atoms with Crippen molar-refractivity contribution in [3.63, 3.8) is 0 Å². The van der Waals surface area contributed by atoms with Gasteiger partial charge in [-0.1, -0.05) is 36.9 Å². The Morgan fingerprint density at radius 3 is 2.90 bits per heavy atom. The zero-order valence-electron chi connectivity index (χ0n) is 18.1. The van der Waals surface area contributed by atoms with Crippen LogP contribution in [-0.2, 0) is 13.1 Å². The number of nitrogens with zero attached hydrogens (tertiary/aromatic N) is 1. The number of piperidine rings is 1. The number of ketones is 1. The fraction of sp³-hybridized carbons (Fsp3) is 0.346. The quantitative estimate of drug-likeness (QED) is 0.665. The van der Waals surface area contributed by atoms with Crippen LogP contribution in [0.25, 0.3) is 17.0 Å². The van der Waals surface area contributed by atoms with E-state index in [-0.39, 0.29) is 11.5 Å². The molecule has 3 heterocycles. The molecule has 160 valence electrons. The number of benzene rings is 2. The lowest BCUT2D eigenvalue weighted by molar-refractivity contribution is -0.922. The highest BCUT2D eigenvalue weighted by atomic mass is 16.5. The molecule has 3 aromatic rings. The first kappa shape index (κ1) is 19.9. The molecule has 2 aliphatic rings. The van der Waals surface area contributed by atoms with E-state index in [4.69, 9.17) is 4.74 Å². The average Bonchev–Trinajstić information content (AvgIpc) is 3.28. The normalized spacial score (nSPS) is 22.1. The van der Waals surface area contributed by atoms with Crippen LogP contribution in [0.3, 0.4) is 0 Å². The van der Waals surface area contributed by atoms with Crippen molar-refractivity contribution in [2.45, 2.75) is 39.8 Å². The first-order chi connectivity index (χ1) is 15.0. The average molecular weight is 417 g/mol. The molecular formula is C26H28N2O3. The third kappa shape index (κ3) is 3.53. The SMILES string of the molecule is CCn1cc(/C=C2/Oc3c(ccc([O-])c3C[NH+]3CCCC(C)C3)C2=O)c2ccccc21. The van der Waals surface area contributed by atoms with Crippen molar-refractivity contribution in [1.29, 1.82) is 0 Å². The van der Waals surface area contributed by atoms with Crippen LogP contribution >= 0.6 is 0 Å². The fourth-order valence-corrected chi connectivity index (χ4v) is 5.06. The molecule has 0 saturated carbocycles. The number of carbonyl (C=O) groups is 1. The molecule has 1 aromatic heterocycles. The van der Waals surface area contributed by atoms with E-state index in [0.717, 1.165) is 36.1 Å². The Hall–Kier alpha value is -3.05. The minimum Gasteiger partial charge on any atom is -0.872 e. The Morgan fingerprint density at radius 1 is 1.26 bits per heavy atom. The third-order valence-electron chi connectivity index (χ3n) is 6.64. The van der Waals surface area contributed by atoms with Gasteiger partial charge in [-0.25, -0.2) is 0 Å². The summed E-state index contributed by atoms with van der Waals surface area (Å²) in [5.74, 6) is 1.23. The first-order valence-corrected chi connectivity index (χ1v) is 11.2. The summed E-state index contributed by atoms with van der Waals surface area (Å²) in [6.07, 6.45) is 6.29. The van der Waals surface area contributed by atoms with Crippen molar-refractivity contribution in [2.24, 2.45) is 5.92 Å². The number of likely N-dealkylation sites (tertiary alicyclic amines) is 1. The van der Waals surface area contributed by atoms with Crippen molar-refractivity contribution in [1.82, 2.24) is 4.57 Å². The van der Waals surface area contributed by atoms with Gasteiger partial charge in [0, 0.05) is 40.7 Å². The summed E-state index contributed by atoms with van der Waals surface area (Å²) in [5.41, 5.74) is 3.22. The third-order valence-corrected chi connectivity index (χ3v) is 6.64. The monoisotopic (exact) mass is 416 g/mol. The van der Waals surface area contributed by atoms with Crippen LogP contribution in [0.1, 0.15) is 48.2 Å². The molecule has 0 amide bonds. The first-order valence-electron chi connectivity index (χ1n) is 11.2. The van der Waals surface area contributed by atoms with Crippen LogP contribution in [0.2, 0.25) is 0 Å². The number of rotatable bonds is 4. The summed E-state index contributed by atoms with van der Waals surface area (Å²) < 4.78 is 8.25. The molecule has 0 bridgehead atoms. The van der Waals surface area contributed by atoms with Gasteiger partial charge in [-0.05, 0) is 38.0 Å². The highest BCUT2D eigenvalue weighted by molar-refractivity contribution is 6.15. The largest absolute Gasteiger partial charge is 0.872 e. The highest BCUT2D eigenvalue weighted by Crippen LogP contribution is 2.39. The van der Waals surface area contributed by atoms with Gasteiger partial charge < -0.3 is 19.3 Å². The summed E-state index contributed by atoms with van der Waals surface area (Å²) in [6.45, 7) is 7.93. The van der Waals surface area contributed by atoms with Gasteiger partial charge >= 0.3 is 0 Å². The van der Waals surface area contributed by atoms with E-state index >= 15 is 0 Å². The zero-order chi connectivity index (χ0) is 21.5. The number of aryl methyl sites for hydroxylation is 1. The van der Waals surface area contributed by atoms with E-state index < -0.39 is 0 Å². The number of hydrogen-bond donors (Lipinski definition) is 1. The number of nitrogens with one attached hydrogen (secondary N) is 1. The Kier molecular flexibility index (Phi) is 5.06. The van der Waals surface area contributed by atoms with Crippen LogP contribution in [0.4, 0.5) is 0 Å². The molecule has 0 aliphatic carbocycles. The second kappa shape index (κ2) is 7.89. The number of fused-ring (bicyclic) bond motifs is 2. The van der Waals surface area contributed by atoms with Gasteiger partial charge in [0.25, 0.3) is 0 Å². The molecule has 0 spiro atoms. The summed E-state index contributed by atoms with van der Waals surface area (Å²) in [5, 5.41) is 13.8. The van der Waals surface area contributed by atoms with Crippen molar-refractivity contribution in [3.05, 3.63) is 65.0 Å². The Labute approximate surface area is 182 Å². The van der Waals surface area contributed by atoms with Crippen LogP contribution in [-0.4, -0.2) is 23.4 Å². The molecule has 0 radical (unpaired) electrons. The van der Waals surface area contributed by atoms with Crippen molar-refractivity contribution < 1.29 is 19.5 Å². The van der Waals surface area contributed by atoms with E-state index in [1.165, 1.54) is 23.8 Å². The molecule has 5 rings (SSSR count). The number of carbonyl (C=O) groups excluding carboxylic acids is 1. The Morgan fingerprint density at radius 2 is 2.10 bits per heavy atom. The molecule has 2 atom stereocenters. The number of quaternary nitrogens is 1. The van der Waals surface area contributed by atoms with Gasteiger partial charge in [0.15, 0.2) is 5.76 Å². The number of aromatic nitrogens is 1. The minimum absolute atomic E-state index is 0.0406. The van der Waals surface area contributed by atoms with Crippen LogP contribution < -0.4 is 14.7 Å². The van der Waals surface area contributed by atoms with Gasteiger partial charge in [0.1, 0.15) is 12.3 Å². The number of hydrogen-bond acceptors (Lipinski definition) is 3. The molecule has 5 nitrogen and oxygen atoms in total. The number of Topliss-reactive ketones (excluding diaryl/α,β-unsaturated/α-hetero) is 1. The minimum atomic E-state index is -0.147. The predicted molar refractivity (Wildman–Crippen MR) is 119 cm³/mol. The standard InChI is InChI=1S/C26H28N2O3/c1-3-28-15-18(19-8-4-5-9-22(19)28)13-24-25(30)20-10-11-23(29)21(26(20)31-24)16-27-12-6-7-17(2)14-27/h4-5,8-11,13,15,17,29H,3,6-7,12,14,16H2,1-2H3/b24-13+. The molecule has 2 aromatic carbocycles. The lowest BCUT2D eigenvalue weighted by atomic mass is 9.99. The topological polar surface area (TPSA) is 58.7 Å². The van der Waals surface area contributed by atoms with E-state index in [1.54, 1.807) is 6.07 Å². The van der Waals surface area contributed by atoms with Gasteiger partial charge in [-0.2, -0.15) is 0 Å².